The monoisotopic (exact) mass is 415 g/mol. The molecule has 0 atom stereocenters. The Kier molecular flexibility index (Phi) is 4.05. The van der Waals surface area contributed by atoms with Gasteiger partial charge in [0.2, 0.25) is 5.88 Å². The van der Waals surface area contributed by atoms with Gasteiger partial charge >= 0.3 is 6.18 Å². The molecule has 0 amide bonds. The van der Waals surface area contributed by atoms with Crippen LogP contribution in [0.5, 0.6) is 5.88 Å². The Labute approximate surface area is 168 Å². The lowest BCUT2D eigenvalue weighted by Gasteiger charge is -2.28. The van der Waals surface area contributed by atoms with Crippen molar-refractivity contribution in [2.75, 3.05) is 18.1 Å². The number of aliphatic imine (C=N–C) groups is 1. The molecule has 0 N–H and O–H groups in total. The van der Waals surface area contributed by atoms with Crippen LogP contribution in [0.4, 0.5) is 24.7 Å². The molecule has 2 aliphatic rings. The molecule has 0 spiro atoms. The molecule has 0 bridgehead atoms. The van der Waals surface area contributed by atoms with E-state index in [1.807, 2.05) is 17.9 Å². The van der Waals surface area contributed by atoms with Crippen LogP contribution in [0.3, 0.4) is 0 Å². The van der Waals surface area contributed by atoms with Crippen molar-refractivity contribution in [3.63, 3.8) is 0 Å². The van der Waals surface area contributed by atoms with Crippen LogP contribution in [-0.4, -0.2) is 45.5 Å². The van der Waals surface area contributed by atoms with E-state index in [9.17, 15) is 18.0 Å². The molecule has 2 aliphatic heterocycles. The highest BCUT2D eigenvalue weighted by Gasteiger charge is 2.41. The second-order valence-corrected chi connectivity index (χ2v) is 7.08. The Bertz CT molecular complexity index is 1220. The van der Waals surface area contributed by atoms with Crippen molar-refractivity contribution in [2.45, 2.75) is 26.1 Å². The first kappa shape index (κ1) is 18.6. The summed E-state index contributed by atoms with van der Waals surface area (Å²) >= 11 is 0. The van der Waals surface area contributed by atoms with Gasteiger partial charge in [0.15, 0.2) is 11.7 Å². The van der Waals surface area contributed by atoms with Gasteiger partial charge in [0.1, 0.15) is 18.5 Å². The van der Waals surface area contributed by atoms with Crippen molar-refractivity contribution in [3.05, 3.63) is 41.9 Å². The standard InChI is InChI=1S/C20H16F3N5O2/c1-2-5-27-9-13(16(29)20(21,22)23)12-8-11(3-4-14(12)27)28-6-7-30-19-15-17(24-10-25-19)26-18(15)28/h3-4,8-10H,2,5-7H2,1H3. The summed E-state index contributed by atoms with van der Waals surface area (Å²) in [7, 11) is 0. The number of Topliss-reactive ketones (excluding diaryl/α,β-unsaturated/α-hetero) is 1. The van der Waals surface area contributed by atoms with E-state index in [0.717, 1.165) is 6.42 Å². The predicted octanol–water partition coefficient (Wildman–Crippen LogP) is 3.88. The quantitative estimate of drug-likeness (QED) is 0.605. The molecule has 5 rings (SSSR count). The number of carbonyl (C=O) groups is 1. The molecule has 3 aromatic rings. The van der Waals surface area contributed by atoms with Crippen LogP contribution >= 0.6 is 0 Å². The number of nitrogens with zero attached hydrogens (tertiary/aromatic N) is 5. The summed E-state index contributed by atoms with van der Waals surface area (Å²) in [4.78, 5) is 26.5. The normalized spacial score (nSPS) is 15.2. The molecule has 0 saturated carbocycles. The number of hydrogen-bond acceptors (Lipinski definition) is 6. The first-order valence-electron chi connectivity index (χ1n) is 9.47. The van der Waals surface area contributed by atoms with E-state index in [-0.39, 0.29) is 10.9 Å². The van der Waals surface area contributed by atoms with Gasteiger partial charge in [-0.05, 0) is 24.6 Å². The number of aryl methyl sites for hydroxylation is 1. The summed E-state index contributed by atoms with van der Waals surface area (Å²) < 4.78 is 46.9. The first-order valence-corrected chi connectivity index (χ1v) is 9.47. The number of anilines is 1. The Morgan fingerprint density at radius 3 is 2.87 bits per heavy atom. The van der Waals surface area contributed by atoms with Gasteiger partial charge in [0.05, 0.1) is 12.1 Å². The second-order valence-electron chi connectivity index (χ2n) is 7.08. The van der Waals surface area contributed by atoms with Gasteiger partial charge in [-0.1, -0.05) is 6.92 Å². The first-order chi connectivity index (χ1) is 14.4. The van der Waals surface area contributed by atoms with Gasteiger partial charge in [0.25, 0.3) is 5.78 Å². The van der Waals surface area contributed by atoms with E-state index in [0.29, 0.717) is 54.0 Å². The smallest absolute Gasteiger partial charge is 0.454 e. The van der Waals surface area contributed by atoms with E-state index >= 15 is 0 Å². The van der Waals surface area contributed by atoms with E-state index < -0.39 is 12.0 Å². The molecule has 4 heterocycles. The third-order valence-corrected chi connectivity index (χ3v) is 5.18. The number of carbonyl (C=O) groups excluding carboxylic acids is 1. The molecule has 0 saturated heterocycles. The number of fused-ring (bicyclic) bond motifs is 1. The fourth-order valence-electron chi connectivity index (χ4n) is 3.85. The summed E-state index contributed by atoms with van der Waals surface area (Å²) in [6.45, 7) is 3.19. The molecule has 154 valence electrons. The maximum atomic E-state index is 13.2. The lowest BCUT2D eigenvalue weighted by atomic mass is 10.1. The molecule has 0 radical (unpaired) electrons. The van der Waals surface area contributed by atoms with Gasteiger partial charge in [0, 0.05) is 29.3 Å². The highest BCUT2D eigenvalue weighted by molar-refractivity contribution is 6.20. The predicted molar refractivity (Wildman–Crippen MR) is 104 cm³/mol. The minimum absolute atomic E-state index is 0.262. The van der Waals surface area contributed by atoms with Gasteiger partial charge in [-0.2, -0.15) is 13.2 Å². The highest BCUT2D eigenvalue weighted by Crippen LogP contribution is 2.39. The van der Waals surface area contributed by atoms with Crippen LogP contribution in [0.1, 0.15) is 29.3 Å². The molecule has 7 nitrogen and oxygen atoms in total. The number of amidine groups is 1. The SMILES string of the molecule is CCCn1cc(C(=O)C(F)(F)F)c2cc(N3CCOc4ncnc5c4C3=N5)ccc21. The van der Waals surface area contributed by atoms with Crippen molar-refractivity contribution in [1.82, 2.24) is 14.5 Å². The van der Waals surface area contributed by atoms with Crippen LogP contribution in [0, 0.1) is 0 Å². The number of alkyl halides is 3. The molecule has 0 unspecified atom stereocenters. The van der Waals surface area contributed by atoms with E-state index in [1.165, 1.54) is 12.5 Å². The third kappa shape index (κ3) is 2.74. The van der Waals surface area contributed by atoms with Crippen molar-refractivity contribution in [1.29, 1.82) is 0 Å². The lowest BCUT2D eigenvalue weighted by Crippen LogP contribution is -2.35. The average molecular weight is 415 g/mol. The van der Waals surface area contributed by atoms with Crippen LogP contribution in [0.25, 0.3) is 10.9 Å². The van der Waals surface area contributed by atoms with E-state index in [1.54, 1.807) is 16.7 Å². The zero-order valence-corrected chi connectivity index (χ0v) is 15.9. The number of rotatable bonds is 4. The van der Waals surface area contributed by atoms with Gasteiger partial charge < -0.3 is 14.2 Å². The maximum Gasteiger partial charge on any atom is 0.454 e. The summed E-state index contributed by atoms with van der Waals surface area (Å²) in [5.41, 5.74) is 1.54. The number of ether oxygens (including phenoxy) is 1. The van der Waals surface area contributed by atoms with Crippen molar-refractivity contribution >= 4 is 34.0 Å². The number of ketones is 1. The summed E-state index contributed by atoms with van der Waals surface area (Å²) in [6, 6.07) is 5.16. The molecule has 2 aromatic heterocycles. The summed E-state index contributed by atoms with van der Waals surface area (Å²) in [5.74, 6) is -0.282. The van der Waals surface area contributed by atoms with Crippen LogP contribution in [0.2, 0.25) is 0 Å². The molecule has 0 aliphatic carbocycles. The van der Waals surface area contributed by atoms with E-state index in [2.05, 4.69) is 15.0 Å². The lowest BCUT2D eigenvalue weighted by molar-refractivity contribution is -0.0884. The zero-order chi connectivity index (χ0) is 21.0. The van der Waals surface area contributed by atoms with Gasteiger partial charge in [-0.25, -0.2) is 15.0 Å². The third-order valence-electron chi connectivity index (χ3n) is 5.18. The molecule has 1 aromatic carbocycles. The Morgan fingerprint density at radius 1 is 1.27 bits per heavy atom. The minimum Gasteiger partial charge on any atom is -0.475 e. The summed E-state index contributed by atoms with van der Waals surface area (Å²) in [6.07, 6.45) is -1.55. The fraction of sp³-hybridized carbons (Fsp3) is 0.300. The Hall–Kier alpha value is -3.43. The number of aromatic nitrogens is 3. The van der Waals surface area contributed by atoms with Crippen molar-refractivity contribution in [3.8, 4) is 5.88 Å². The van der Waals surface area contributed by atoms with Gasteiger partial charge in [-0.15, -0.1) is 0 Å². The van der Waals surface area contributed by atoms with Crippen molar-refractivity contribution < 1.29 is 22.7 Å². The zero-order valence-electron chi connectivity index (χ0n) is 15.9. The Balaban J connectivity index is 1.62. The molecule has 30 heavy (non-hydrogen) atoms. The van der Waals surface area contributed by atoms with Gasteiger partial charge in [-0.3, -0.25) is 4.79 Å². The average Bonchev–Trinajstić information content (AvgIpc) is 2.93. The molecule has 10 heteroatoms. The topological polar surface area (TPSA) is 72.6 Å². The fourth-order valence-corrected chi connectivity index (χ4v) is 3.85. The molecular weight excluding hydrogens is 399 g/mol. The number of benzene rings is 1. The van der Waals surface area contributed by atoms with E-state index in [4.69, 9.17) is 4.74 Å². The molecule has 0 fully saturated rings. The summed E-state index contributed by atoms with van der Waals surface area (Å²) in [5, 5.41) is 0.262. The Morgan fingerprint density at radius 2 is 2.10 bits per heavy atom. The van der Waals surface area contributed by atoms with Crippen molar-refractivity contribution in [2.24, 2.45) is 4.99 Å². The minimum atomic E-state index is -4.94. The van der Waals surface area contributed by atoms with Crippen LogP contribution in [-0.2, 0) is 6.54 Å². The largest absolute Gasteiger partial charge is 0.475 e. The molecular formula is C20H16F3N5O2. The number of halogens is 3. The van der Waals surface area contributed by atoms with Crippen LogP contribution in [0.15, 0.2) is 35.7 Å². The van der Waals surface area contributed by atoms with Crippen LogP contribution < -0.4 is 9.64 Å². The second kappa shape index (κ2) is 6.54. The number of hydrogen-bond donors (Lipinski definition) is 0. The maximum absolute atomic E-state index is 13.2. The highest BCUT2D eigenvalue weighted by atomic mass is 19.4.